The second-order valence-electron chi connectivity index (χ2n) is 6.62. The molecule has 0 unspecified atom stereocenters. The summed E-state index contributed by atoms with van der Waals surface area (Å²) in [5.74, 6) is 0.660. The summed E-state index contributed by atoms with van der Waals surface area (Å²) in [6.07, 6.45) is 0. The van der Waals surface area contributed by atoms with Crippen LogP contribution in [0.3, 0.4) is 0 Å². The van der Waals surface area contributed by atoms with E-state index in [0.29, 0.717) is 17.4 Å². The van der Waals surface area contributed by atoms with Crippen LogP contribution in [-0.4, -0.2) is 54.8 Å². The predicted octanol–water partition coefficient (Wildman–Crippen LogP) is 4.91. The molecule has 0 N–H and O–H groups in total. The smallest absolute Gasteiger partial charge is 0.239 e. The summed E-state index contributed by atoms with van der Waals surface area (Å²) < 4.78 is 19.5. The van der Waals surface area contributed by atoms with Gasteiger partial charge >= 0.3 is 0 Å². The van der Waals surface area contributed by atoms with Crippen LogP contribution in [0.25, 0.3) is 10.2 Å². The van der Waals surface area contributed by atoms with Gasteiger partial charge in [0.1, 0.15) is 17.1 Å². The van der Waals surface area contributed by atoms with Crippen molar-refractivity contribution in [2.45, 2.75) is 18.7 Å². The second kappa shape index (κ2) is 10.7. The lowest BCUT2D eigenvalue weighted by molar-refractivity contribution is -0.116. The highest BCUT2D eigenvalue weighted by Crippen LogP contribution is 2.34. The van der Waals surface area contributed by atoms with Crippen molar-refractivity contribution >= 4 is 44.4 Å². The van der Waals surface area contributed by atoms with Gasteiger partial charge in [0.15, 0.2) is 5.13 Å². The number of amides is 1. The number of methoxy groups -OCH3 is 1. The summed E-state index contributed by atoms with van der Waals surface area (Å²) in [5, 5.41) is 0.673. The molecule has 1 amide bonds. The zero-order valence-corrected chi connectivity index (χ0v) is 19.1. The van der Waals surface area contributed by atoms with E-state index in [4.69, 9.17) is 9.72 Å². The normalized spacial score (nSPS) is 11.2. The molecule has 1 heterocycles. The SMILES string of the molecule is CCN(CC)CCN(C(=O)CSc1ccc(F)cc1)c1nc2c(OC)cccc2s1. The van der Waals surface area contributed by atoms with Crippen molar-refractivity contribution in [3.63, 3.8) is 0 Å². The van der Waals surface area contributed by atoms with Crippen molar-refractivity contribution in [1.82, 2.24) is 9.88 Å². The molecule has 0 atom stereocenters. The van der Waals surface area contributed by atoms with Gasteiger partial charge in [-0.15, -0.1) is 11.8 Å². The number of fused-ring (bicyclic) bond motifs is 1. The Balaban J connectivity index is 1.82. The fourth-order valence-corrected chi connectivity index (χ4v) is 4.85. The number of carbonyl (C=O) groups excluding carboxylic acids is 1. The number of rotatable bonds is 10. The number of carbonyl (C=O) groups is 1. The third-order valence-corrected chi connectivity index (χ3v) is 6.87. The Morgan fingerprint density at radius 2 is 1.87 bits per heavy atom. The lowest BCUT2D eigenvalue weighted by atomic mass is 10.3. The Hall–Kier alpha value is -2.16. The van der Waals surface area contributed by atoms with Gasteiger partial charge < -0.3 is 9.64 Å². The molecule has 0 bridgehead atoms. The van der Waals surface area contributed by atoms with Crippen LogP contribution in [0.2, 0.25) is 0 Å². The van der Waals surface area contributed by atoms with Crippen molar-refractivity contribution < 1.29 is 13.9 Å². The average Bonchev–Trinajstić information content (AvgIpc) is 3.20. The number of nitrogens with zero attached hydrogens (tertiary/aromatic N) is 3. The minimum Gasteiger partial charge on any atom is -0.494 e. The first kappa shape index (κ1) is 22.5. The molecule has 0 aliphatic rings. The molecule has 0 saturated carbocycles. The molecule has 0 fully saturated rings. The van der Waals surface area contributed by atoms with Crippen LogP contribution in [-0.2, 0) is 4.79 Å². The Bertz CT molecular complexity index is 974. The molecule has 0 aliphatic heterocycles. The van der Waals surface area contributed by atoms with Crippen LogP contribution in [0.5, 0.6) is 5.75 Å². The van der Waals surface area contributed by atoms with Crippen molar-refractivity contribution in [3.05, 3.63) is 48.3 Å². The number of likely N-dealkylation sites (N-methyl/N-ethyl adjacent to an activating group) is 1. The first-order chi connectivity index (χ1) is 14.5. The van der Waals surface area contributed by atoms with E-state index in [0.717, 1.165) is 34.7 Å². The molecule has 30 heavy (non-hydrogen) atoms. The summed E-state index contributed by atoms with van der Waals surface area (Å²) in [4.78, 5) is 22.8. The molecule has 0 aliphatic carbocycles. The van der Waals surface area contributed by atoms with Crippen LogP contribution in [0.15, 0.2) is 47.4 Å². The first-order valence-electron chi connectivity index (χ1n) is 9.90. The first-order valence-corrected chi connectivity index (χ1v) is 11.7. The number of hydrogen-bond donors (Lipinski definition) is 0. The molecule has 0 radical (unpaired) electrons. The van der Waals surface area contributed by atoms with Crippen molar-refractivity contribution in [3.8, 4) is 5.75 Å². The molecule has 0 saturated heterocycles. The van der Waals surface area contributed by atoms with Gasteiger partial charge in [0.25, 0.3) is 0 Å². The number of halogens is 1. The Kier molecular flexibility index (Phi) is 8.07. The van der Waals surface area contributed by atoms with Gasteiger partial charge in [-0.05, 0) is 49.5 Å². The number of hydrogen-bond acceptors (Lipinski definition) is 6. The van der Waals surface area contributed by atoms with E-state index >= 15 is 0 Å². The van der Waals surface area contributed by atoms with Crippen LogP contribution >= 0.6 is 23.1 Å². The third kappa shape index (κ3) is 5.50. The van der Waals surface area contributed by atoms with Gasteiger partial charge in [-0.2, -0.15) is 0 Å². The number of thioether (sulfide) groups is 1. The number of benzene rings is 2. The van der Waals surface area contributed by atoms with Gasteiger partial charge in [0.05, 0.1) is 17.6 Å². The number of thiazole rings is 1. The highest BCUT2D eigenvalue weighted by molar-refractivity contribution is 8.00. The maximum Gasteiger partial charge on any atom is 0.239 e. The molecular weight excluding hydrogens is 421 g/mol. The summed E-state index contributed by atoms with van der Waals surface area (Å²) in [7, 11) is 1.62. The van der Waals surface area contributed by atoms with E-state index in [1.54, 1.807) is 24.1 Å². The number of para-hydroxylation sites is 1. The fraction of sp³-hybridized carbons (Fsp3) is 0.364. The molecule has 0 spiro atoms. The van der Waals surface area contributed by atoms with E-state index in [1.807, 2.05) is 18.2 Å². The highest BCUT2D eigenvalue weighted by atomic mass is 32.2. The number of anilines is 1. The molecule has 1 aromatic heterocycles. The van der Waals surface area contributed by atoms with E-state index in [2.05, 4.69) is 18.7 Å². The van der Waals surface area contributed by atoms with E-state index < -0.39 is 0 Å². The minimum atomic E-state index is -0.282. The highest BCUT2D eigenvalue weighted by Gasteiger charge is 2.21. The van der Waals surface area contributed by atoms with Gasteiger partial charge in [0, 0.05) is 18.0 Å². The number of aromatic nitrogens is 1. The van der Waals surface area contributed by atoms with Crippen LogP contribution in [0, 0.1) is 5.82 Å². The third-order valence-electron chi connectivity index (χ3n) is 4.83. The molecule has 5 nitrogen and oxygen atoms in total. The standard InChI is InChI=1S/C22H26FN3O2S2/c1-4-25(5-2)13-14-26(20(27)15-29-17-11-9-16(23)10-12-17)22-24-21-18(28-3)7-6-8-19(21)30-22/h6-12H,4-5,13-15H2,1-3H3. The predicted molar refractivity (Wildman–Crippen MR) is 123 cm³/mol. The molecular formula is C22H26FN3O2S2. The van der Waals surface area contributed by atoms with Crippen molar-refractivity contribution in [2.24, 2.45) is 0 Å². The number of ether oxygens (including phenoxy) is 1. The molecule has 3 aromatic rings. The second-order valence-corrected chi connectivity index (χ2v) is 8.68. The molecule has 2 aromatic carbocycles. The van der Waals surface area contributed by atoms with Crippen LogP contribution in [0.4, 0.5) is 9.52 Å². The van der Waals surface area contributed by atoms with Gasteiger partial charge in [-0.3, -0.25) is 9.69 Å². The fourth-order valence-electron chi connectivity index (χ4n) is 3.05. The van der Waals surface area contributed by atoms with E-state index in [9.17, 15) is 9.18 Å². The van der Waals surface area contributed by atoms with Gasteiger partial charge in [-0.1, -0.05) is 31.3 Å². The van der Waals surface area contributed by atoms with Crippen molar-refractivity contribution in [1.29, 1.82) is 0 Å². The summed E-state index contributed by atoms with van der Waals surface area (Å²) in [6.45, 7) is 7.41. The summed E-state index contributed by atoms with van der Waals surface area (Å²) in [5.41, 5.74) is 0.770. The summed E-state index contributed by atoms with van der Waals surface area (Å²) >= 11 is 2.89. The van der Waals surface area contributed by atoms with Crippen LogP contribution < -0.4 is 9.64 Å². The maximum atomic E-state index is 13.2. The Morgan fingerprint density at radius 3 is 2.53 bits per heavy atom. The minimum absolute atomic E-state index is 0.0190. The lowest BCUT2D eigenvalue weighted by Crippen LogP contribution is -2.39. The average molecular weight is 448 g/mol. The largest absolute Gasteiger partial charge is 0.494 e. The van der Waals surface area contributed by atoms with Gasteiger partial charge in [-0.25, -0.2) is 9.37 Å². The molecule has 8 heteroatoms. The lowest BCUT2D eigenvalue weighted by Gasteiger charge is -2.24. The van der Waals surface area contributed by atoms with E-state index in [1.165, 1.54) is 35.2 Å². The maximum absolute atomic E-state index is 13.2. The summed E-state index contributed by atoms with van der Waals surface area (Å²) in [6, 6.07) is 12.0. The van der Waals surface area contributed by atoms with Gasteiger partial charge in [0.2, 0.25) is 5.91 Å². The van der Waals surface area contributed by atoms with Crippen LogP contribution in [0.1, 0.15) is 13.8 Å². The van der Waals surface area contributed by atoms with E-state index in [-0.39, 0.29) is 17.5 Å². The zero-order valence-electron chi connectivity index (χ0n) is 17.4. The topological polar surface area (TPSA) is 45.7 Å². The Morgan fingerprint density at radius 1 is 1.13 bits per heavy atom. The Labute approximate surface area is 184 Å². The molecule has 160 valence electrons. The monoisotopic (exact) mass is 447 g/mol. The van der Waals surface area contributed by atoms with Crippen molar-refractivity contribution in [2.75, 3.05) is 43.9 Å². The molecule has 3 rings (SSSR count). The quantitative estimate of drug-likeness (QED) is 0.413. The zero-order chi connectivity index (χ0) is 21.5.